The van der Waals surface area contributed by atoms with Crippen LogP contribution in [-0.4, -0.2) is 84.7 Å². The Balaban J connectivity index is 1.65. The molecule has 2 rings (SSSR count). The van der Waals surface area contributed by atoms with Gasteiger partial charge in [0.1, 0.15) is 0 Å². The number of hydrogen-bond acceptors (Lipinski definition) is 5. The number of aliphatic hydroxyl groups excluding tert-OH is 2. The zero-order valence-corrected chi connectivity index (χ0v) is 9.01. The van der Waals surface area contributed by atoms with Crippen molar-refractivity contribution in [2.75, 3.05) is 52.5 Å². The molecular weight excluding hydrogens is 196 g/mol. The van der Waals surface area contributed by atoms with E-state index in [4.69, 9.17) is 4.74 Å². The van der Waals surface area contributed by atoms with Gasteiger partial charge in [-0.2, -0.15) is 0 Å². The summed E-state index contributed by atoms with van der Waals surface area (Å²) in [6, 6.07) is 0. The van der Waals surface area contributed by atoms with Gasteiger partial charge in [0.05, 0.1) is 25.4 Å². The van der Waals surface area contributed by atoms with Crippen molar-refractivity contribution in [3.05, 3.63) is 0 Å². The minimum atomic E-state index is -0.560. The summed E-state index contributed by atoms with van der Waals surface area (Å²) in [4.78, 5) is 4.48. The Morgan fingerprint density at radius 2 is 1.47 bits per heavy atom. The third-order valence-corrected chi connectivity index (χ3v) is 3.17. The predicted octanol–water partition coefficient (Wildman–Crippen LogP) is -1.64. The fraction of sp³-hybridized carbons (Fsp3) is 1.00. The van der Waals surface area contributed by atoms with Gasteiger partial charge in [0.25, 0.3) is 0 Å². The van der Waals surface area contributed by atoms with E-state index in [0.717, 1.165) is 39.4 Å². The van der Waals surface area contributed by atoms with Crippen LogP contribution in [0.1, 0.15) is 0 Å². The number of rotatable bonds is 3. The molecule has 0 unspecified atom stereocenters. The smallest absolute Gasteiger partial charge is 0.0938 e. The number of β-amino-alcohol motifs (C(OH)–C–C–N with tert-alkyl or cyclic N) is 2. The van der Waals surface area contributed by atoms with Gasteiger partial charge in [0, 0.05) is 39.3 Å². The Bertz CT molecular complexity index is 187. The van der Waals surface area contributed by atoms with E-state index in [9.17, 15) is 10.2 Å². The normalized spacial score (nSPS) is 34.8. The van der Waals surface area contributed by atoms with E-state index in [1.807, 2.05) is 0 Å². The Hall–Kier alpha value is -0.200. The first-order chi connectivity index (χ1) is 7.25. The fourth-order valence-electron chi connectivity index (χ4n) is 2.14. The molecule has 0 spiro atoms. The summed E-state index contributed by atoms with van der Waals surface area (Å²) in [6.45, 7) is 6.78. The van der Waals surface area contributed by atoms with Crippen molar-refractivity contribution in [1.29, 1.82) is 0 Å². The number of ether oxygens (including phenoxy) is 1. The van der Waals surface area contributed by atoms with Crippen LogP contribution >= 0.6 is 0 Å². The second kappa shape index (κ2) is 5.23. The lowest BCUT2D eigenvalue weighted by Crippen LogP contribution is -2.41. The molecule has 0 bridgehead atoms. The quantitative estimate of drug-likeness (QED) is 0.592. The molecule has 2 saturated heterocycles. The summed E-state index contributed by atoms with van der Waals surface area (Å²) >= 11 is 0. The van der Waals surface area contributed by atoms with Crippen molar-refractivity contribution < 1.29 is 14.9 Å². The summed E-state index contributed by atoms with van der Waals surface area (Å²) < 4.78 is 5.27. The first-order valence-corrected chi connectivity index (χ1v) is 5.64. The van der Waals surface area contributed by atoms with Gasteiger partial charge in [-0.1, -0.05) is 0 Å². The maximum Gasteiger partial charge on any atom is 0.0938 e. The zero-order valence-electron chi connectivity index (χ0n) is 9.01. The van der Waals surface area contributed by atoms with Crippen LogP contribution in [0.3, 0.4) is 0 Å². The molecule has 0 aromatic carbocycles. The van der Waals surface area contributed by atoms with Crippen LogP contribution in [0.5, 0.6) is 0 Å². The van der Waals surface area contributed by atoms with E-state index in [2.05, 4.69) is 9.80 Å². The molecule has 0 aromatic heterocycles. The van der Waals surface area contributed by atoms with E-state index in [1.54, 1.807) is 0 Å². The molecule has 0 amide bonds. The zero-order chi connectivity index (χ0) is 10.7. The largest absolute Gasteiger partial charge is 0.389 e. The van der Waals surface area contributed by atoms with Crippen LogP contribution in [0, 0.1) is 0 Å². The lowest BCUT2D eigenvalue weighted by Gasteiger charge is -2.28. The highest BCUT2D eigenvalue weighted by molar-refractivity contribution is 4.83. The minimum absolute atomic E-state index is 0.560. The van der Waals surface area contributed by atoms with Gasteiger partial charge in [0.2, 0.25) is 0 Å². The van der Waals surface area contributed by atoms with Crippen LogP contribution in [0.4, 0.5) is 0 Å². The molecule has 2 fully saturated rings. The maximum absolute atomic E-state index is 9.38. The second-order valence-electron chi connectivity index (χ2n) is 4.35. The van der Waals surface area contributed by atoms with Gasteiger partial charge in [-0.3, -0.25) is 9.80 Å². The second-order valence-corrected chi connectivity index (χ2v) is 4.35. The highest BCUT2D eigenvalue weighted by Gasteiger charge is 2.29. The Kier molecular flexibility index (Phi) is 3.93. The van der Waals surface area contributed by atoms with Gasteiger partial charge in [-0.15, -0.1) is 0 Å². The van der Waals surface area contributed by atoms with Crippen molar-refractivity contribution in [3.63, 3.8) is 0 Å². The van der Waals surface area contributed by atoms with Crippen molar-refractivity contribution in [2.24, 2.45) is 0 Å². The number of hydrogen-bond donors (Lipinski definition) is 2. The Labute approximate surface area is 90.2 Å². The standard InChI is InChI=1S/C10H20N2O3/c13-9-7-12(8-10(9)14)2-1-11-3-5-15-6-4-11/h9-10,13-14H,1-8H2/t9-,10+. The predicted molar refractivity (Wildman–Crippen MR) is 55.7 cm³/mol. The topological polar surface area (TPSA) is 56.2 Å². The summed E-state index contributed by atoms with van der Waals surface area (Å²) in [5, 5.41) is 18.8. The third kappa shape index (κ3) is 3.12. The van der Waals surface area contributed by atoms with Gasteiger partial charge >= 0.3 is 0 Å². The van der Waals surface area contributed by atoms with Crippen molar-refractivity contribution in [2.45, 2.75) is 12.2 Å². The molecule has 5 heteroatoms. The van der Waals surface area contributed by atoms with Gasteiger partial charge in [-0.25, -0.2) is 0 Å². The highest BCUT2D eigenvalue weighted by Crippen LogP contribution is 2.09. The van der Waals surface area contributed by atoms with Gasteiger partial charge in [0.15, 0.2) is 0 Å². The molecular formula is C10H20N2O3. The van der Waals surface area contributed by atoms with Crippen LogP contribution in [-0.2, 0) is 4.74 Å². The first-order valence-electron chi connectivity index (χ1n) is 5.64. The minimum Gasteiger partial charge on any atom is -0.389 e. The number of likely N-dealkylation sites (tertiary alicyclic amines) is 1. The van der Waals surface area contributed by atoms with Crippen LogP contribution in [0.25, 0.3) is 0 Å². The molecule has 0 aromatic rings. The average molecular weight is 216 g/mol. The van der Waals surface area contributed by atoms with E-state index in [0.29, 0.717) is 13.1 Å². The molecule has 88 valence electrons. The summed E-state index contributed by atoms with van der Waals surface area (Å²) in [5.41, 5.74) is 0. The summed E-state index contributed by atoms with van der Waals surface area (Å²) in [5.74, 6) is 0. The molecule has 5 nitrogen and oxygen atoms in total. The van der Waals surface area contributed by atoms with E-state index < -0.39 is 12.2 Å². The van der Waals surface area contributed by atoms with Crippen LogP contribution in [0.2, 0.25) is 0 Å². The number of morpholine rings is 1. The maximum atomic E-state index is 9.38. The molecule has 15 heavy (non-hydrogen) atoms. The molecule has 0 saturated carbocycles. The van der Waals surface area contributed by atoms with Crippen LogP contribution in [0.15, 0.2) is 0 Å². The van der Waals surface area contributed by atoms with E-state index in [-0.39, 0.29) is 0 Å². The van der Waals surface area contributed by atoms with Crippen molar-refractivity contribution >= 4 is 0 Å². The number of nitrogens with zero attached hydrogens (tertiary/aromatic N) is 2. The molecule has 2 aliphatic heterocycles. The summed E-state index contributed by atoms with van der Waals surface area (Å²) in [7, 11) is 0. The van der Waals surface area contributed by atoms with Crippen LogP contribution < -0.4 is 0 Å². The first kappa shape index (κ1) is 11.3. The van der Waals surface area contributed by atoms with Crippen molar-refractivity contribution in [3.8, 4) is 0 Å². The third-order valence-electron chi connectivity index (χ3n) is 3.17. The van der Waals surface area contributed by atoms with E-state index >= 15 is 0 Å². The molecule has 2 aliphatic rings. The average Bonchev–Trinajstić information content (AvgIpc) is 2.57. The molecule has 0 radical (unpaired) electrons. The number of aliphatic hydroxyl groups is 2. The lowest BCUT2D eigenvalue weighted by molar-refractivity contribution is 0.0338. The molecule has 2 heterocycles. The van der Waals surface area contributed by atoms with Crippen molar-refractivity contribution in [1.82, 2.24) is 9.80 Å². The SMILES string of the molecule is O[C@@H]1CN(CCN2CCOCC2)C[C@@H]1O. The molecule has 2 N–H and O–H groups in total. The van der Waals surface area contributed by atoms with Gasteiger partial charge in [-0.05, 0) is 0 Å². The molecule has 0 aliphatic carbocycles. The Morgan fingerprint density at radius 3 is 2.07 bits per heavy atom. The Morgan fingerprint density at radius 1 is 0.933 bits per heavy atom. The fourth-order valence-corrected chi connectivity index (χ4v) is 2.14. The van der Waals surface area contributed by atoms with Gasteiger partial charge < -0.3 is 14.9 Å². The van der Waals surface area contributed by atoms with E-state index in [1.165, 1.54) is 0 Å². The monoisotopic (exact) mass is 216 g/mol. The molecule has 2 atom stereocenters. The highest BCUT2D eigenvalue weighted by atomic mass is 16.5. The summed E-state index contributed by atoms with van der Waals surface area (Å²) in [6.07, 6.45) is -1.12. The lowest BCUT2D eigenvalue weighted by atomic mass is 10.3.